The van der Waals surface area contributed by atoms with Gasteiger partial charge in [0.1, 0.15) is 17.4 Å². The fourth-order valence-electron chi connectivity index (χ4n) is 3.12. The third-order valence-corrected chi connectivity index (χ3v) is 4.84. The summed E-state index contributed by atoms with van der Waals surface area (Å²) in [6, 6.07) is 7.75. The molecule has 2 aromatic carbocycles. The van der Waals surface area contributed by atoms with Crippen LogP contribution in [0.5, 0.6) is 5.75 Å². The van der Waals surface area contributed by atoms with E-state index in [-0.39, 0.29) is 18.1 Å². The summed E-state index contributed by atoms with van der Waals surface area (Å²) < 4.78 is 32.9. The van der Waals surface area contributed by atoms with Crippen LogP contribution in [-0.2, 0) is 0 Å². The van der Waals surface area contributed by atoms with Gasteiger partial charge in [-0.2, -0.15) is 0 Å². The van der Waals surface area contributed by atoms with Gasteiger partial charge in [0.2, 0.25) is 0 Å². The fraction of sp³-hybridized carbons (Fsp3) is 0.333. The highest BCUT2D eigenvalue weighted by Gasteiger charge is 2.20. The highest BCUT2D eigenvalue weighted by molar-refractivity contribution is 6.31. The van der Waals surface area contributed by atoms with E-state index in [1.165, 1.54) is 4.90 Å². The van der Waals surface area contributed by atoms with E-state index in [1.807, 2.05) is 0 Å². The first-order chi connectivity index (χ1) is 14.0. The van der Waals surface area contributed by atoms with Crippen LogP contribution in [-0.4, -0.2) is 43.0 Å². The van der Waals surface area contributed by atoms with Gasteiger partial charge < -0.3 is 15.0 Å². The SMILES string of the molecule is O=C1NCCCCN(C(=O)c2ccc(F)cc2F)CCCOc2ccc(Cl)cc21. The summed E-state index contributed by atoms with van der Waals surface area (Å²) in [5, 5.41) is 3.25. The molecule has 0 saturated carbocycles. The highest BCUT2D eigenvalue weighted by Crippen LogP contribution is 2.23. The predicted octanol–water partition coefficient (Wildman–Crippen LogP) is 4.05. The smallest absolute Gasteiger partial charge is 0.256 e. The van der Waals surface area contributed by atoms with Crippen molar-refractivity contribution >= 4 is 23.4 Å². The van der Waals surface area contributed by atoms with Crippen molar-refractivity contribution < 1.29 is 23.1 Å². The van der Waals surface area contributed by atoms with Gasteiger partial charge >= 0.3 is 0 Å². The van der Waals surface area contributed by atoms with Gasteiger partial charge in [-0.05, 0) is 49.6 Å². The standard InChI is InChI=1S/C21H21ClF2N2O3/c22-14-4-7-19-17(12-14)20(27)25-8-1-2-9-26(10-3-11-29-19)21(28)16-6-5-15(23)13-18(16)24/h4-7,12-13H,1-3,8-11H2,(H,25,27). The number of halogens is 3. The second-order valence-corrected chi connectivity index (χ2v) is 7.16. The molecule has 0 atom stereocenters. The van der Waals surface area contributed by atoms with E-state index in [4.69, 9.17) is 16.3 Å². The minimum atomic E-state index is -0.882. The number of carbonyl (C=O) groups excluding carboxylic acids is 2. The van der Waals surface area contributed by atoms with E-state index in [0.717, 1.165) is 12.1 Å². The van der Waals surface area contributed by atoms with E-state index in [0.29, 0.717) is 61.3 Å². The van der Waals surface area contributed by atoms with Gasteiger partial charge in [-0.1, -0.05) is 11.6 Å². The Bertz CT molecular complexity index is 907. The Morgan fingerprint density at radius 3 is 2.66 bits per heavy atom. The third-order valence-electron chi connectivity index (χ3n) is 4.61. The summed E-state index contributed by atoms with van der Waals surface area (Å²) in [4.78, 5) is 26.7. The first kappa shape index (κ1) is 21.0. The molecule has 0 unspecified atom stereocenters. The van der Waals surface area contributed by atoms with Crippen molar-refractivity contribution in [2.45, 2.75) is 19.3 Å². The monoisotopic (exact) mass is 422 g/mol. The lowest BCUT2D eigenvalue weighted by Gasteiger charge is -2.23. The normalized spacial score (nSPS) is 15.8. The molecule has 1 aliphatic heterocycles. The van der Waals surface area contributed by atoms with Crippen molar-refractivity contribution in [1.29, 1.82) is 0 Å². The van der Waals surface area contributed by atoms with Crippen LogP contribution in [0.1, 0.15) is 40.0 Å². The number of benzene rings is 2. The Balaban J connectivity index is 1.74. The van der Waals surface area contributed by atoms with E-state index >= 15 is 0 Å². The lowest BCUT2D eigenvalue weighted by Crippen LogP contribution is -2.34. The number of nitrogens with one attached hydrogen (secondary N) is 1. The van der Waals surface area contributed by atoms with Crippen LogP contribution < -0.4 is 10.1 Å². The molecule has 0 aromatic heterocycles. The first-order valence-corrected chi connectivity index (χ1v) is 9.78. The fourth-order valence-corrected chi connectivity index (χ4v) is 3.29. The summed E-state index contributed by atoms with van der Waals surface area (Å²) >= 11 is 5.99. The van der Waals surface area contributed by atoms with Crippen molar-refractivity contribution in [1.82, 2.24) is 10.2 Å². The topological polar surface area (TPSA) is 58.6 Å². The van der Waals surface area contributed by atoms with E-state index in [1.54, 1.807) is 18.2 Å². The van der Waals surface area contributed by atoms with Crippen LogP contribution in [0, 0.1) is 11.6 Å². The largest absolute Gasteiger partial charge is 0.493 e. The van der Waals surface area contributed by atoms with E-state index < -0.39 is 17.5 Å². The van der Waals surface area contributed by atoms with Gasteiger partial charge in [-0.3, -0.25) is 9.59 Å². The number of hydrogen-bond donors (Lipinski definition) is 1. The Morgan fingerprint density at radius 2 is 1.86 bits per heavy atom. The van der Waals surface area contributed by atoms with Crippen LogP contribution in [0.15, 0.2) is 36.4 Å². The summed E-state index contributed by atoms with van der Waals surface area (Å²) in [7, 11) is 0. The maximum absolute atomic E-state index is 14.0. The van der Waals surface area contributed by atoms with Crippen LogP contribution in [0.25, 0.3) is 0 Å². The van der Waals surface area contributed by atoms with Crippen molar-refractivity contribution in [3.05, 3.63) is 64.2 Å². The summed E-state index contributed by atoms with van der Waals surface area (Å²) in [6.45, 7) is 1.42. The molecule has 0 saturated heterocycles. The quantitative estimate of drug-likeness (QED) is 0.754. The van der Waals surface area contributed by atoms with Crippen LogP contribution in [0.2, 0.25) is 5.02 Å². The maximum atomic E-state index is 14.0. The molecule has 0 fully saturated rings. The maximum Gasteiger partial charge on any atom is 0.256 e. The number of nitrogens with zero attached hydrogens (tertiary/aromatic N) is 1. The Hall–Kier alpha value is -2.67. The average Bonchev–Trinajstić information content (AvgIpc) is 2.70. The molecule has 0 bridgehead atoms. The molecule has 1 heterocycles. The molecule has 154 valence electrons. The molecule has 0 aliphatic carbocycles. The van der Waals surface area contributed by atoms with E-state index in [9.17, 15) is 18.4 Å². The van der Waals surface area contributed by atoms with Crippen molar-refractivity contribution in [3.63, 3.8) is 0 Å². The molecule has 8 heteroatoms. The molecular formula is C21H21ClF2N2O3. The Kier molecular flexibility index (Phi) is 7.04. The average molecular weight is 423 g/mol. The zero-order valence-electron chi connectivity index (χ0n) is 15.7. The first-order valence-electron chi connectivity index (χ1n) is 9.40. The number of ether oxygens (including phenoxy) is 1. The minimum absolute atomic E-state index is 0.162. The van der Waals surface area contributed by atoms with Crippen LogP contribution in [0.3, 0.4) is 0 Å². The van der Waals surface area contributed by atoms with Crippen molar-refractivity contribution in [3.8, 4) is 5.75 Å². The Morgan fingerprint density at radius 1 is 1.07 bits per heavy atom. The lowest BCUT2D eigenvalue weighted by molar-refractivity contribution is 0.0738. The van der Waals surface area contributed by atoms with Gasteiger partial charge in [-0.25, -0.2) is 8.78 Å². The molecule has 0 spiro atoms. The molecular weight excluding hydrogens is 402 g/mol. The highest BCUT2D eigenvalue weighted by atomic mass is 35.5. The van der Waals surface area contributed by atoms with Crippen molar-refractivity contribution in [2.24, 2.45) is 0 Å². The second-order valence-electron chi connectivity index (χ2n) is 6.72. The predicted molar refractivity (Wildman–Crippen MR) is 105 cm³/mol. The molecule has 1 N–H and O–H groups in total. The van der Waals surface area contributed by atoms with Gasteiger partial charge in [-0.15, -0.1) is 0 Å². The molecule has 0 radical (unpaired) electrons. The van der Waals surface area contributed by atoms with Gasteiger partial charge in [0, 0.05) is 30.7 Å². The number of amides is 2. The molecule has 2 amide bonds. The number of hydrogen-bond acceptors (Lipinski definition) is 3. The molecule has 29 heavy (non-hydrogen) atoms. The number of carbonyl (C=O) groups is 2. The van der Waals surface area contributed by atoms with E-state index in [2.05, 4.69) is 5.32 Å². The lowest BCUT2D eigenvalue weighted by atomic mass is 10.1. The van der Waals surface area contributed by atoms with Gasteiger partial charge in [0.05, 0.1) is 17.7 Å². The van der Waals surface area contributed by atoms with Gasteiger partial charge in [0.25, 0.3) is 11.8 Å². The van der Waals surface area contributed by atoms with Crippen LogP contribution >= 0.6 is 11.6 Å². The summed E-state index contributed by atoms with van der Waals surface area (Å²) in [5.41, 5.74) is 0.197. The van der Waals surface area contributed by atoms with Gasteiger partial charge in [0.15, 0.2) is 0 Å². The second kappa shape index (κ2) is 9.69. The molecule has 5 nitrogen and oxygen atoms in total. The zero-order valence-corrected chi connectivity index (χ0v) is 16.5. The Labute approximate surface area is 172 Å². The number of rotatable bonds is 1. The summed E-state index contributed by atoms with van der Waals surface area (Å²) in [5.74, 6) is -1.97. The van der Waals surface area contributed by atoms with Crippen molar-refractivity contribution in [2.75, 3.05) is 26.2 Å². The van der Waals surface area contributed by atoms with Crippen LogP contribution in [0.4, 0.5) is 8.78 Å². The zero-order chi connectivity index (χ0) is 20.8. The molecule has 3 rings (SSSR count). The third kappa shape index (κ3) is 5.44. The molecule has 2 aromatic rings. The summed E-state index contributed by atoms with van der Waals surface area (Å²) in [6.07, 6.45) is 1.74. The minimum Gasteiger partial charge on any atom is -0.493 e. The molecule has 1 aliphatic rings. The number of fused-ring (bicyclic) bond motifs is 1.